The lowest BCUT2D eigenvalue weighted by Gasteiger charge is -2.10. The predicted molar refractivity (Wildman–Crippen MR) is 62.6 cm³/mol. The van der Waals surface area contributed by atoms with E-state index in [1.54, 1.807) is 9.13 Å². The van der Waals surface area contributed by atoms with E-state index < -0.39 is 0 Å². The summed E-state index contributed by atoms with van der Waals surface area (Å²) in [6, 6.07) is 0. The Morgan fingerprint density at radius 3 is 2.75 bits per heavy atom. The summed E-state index contributed by atoms with van der Waals surface area (Å²) in [5, 5.41) is 0. The van der Waals surface area contributed by atoms with Gasteiger partial charge in [-0.2, -0.15) is 0 Å². The van der Waals surface area contributed by atoms with Gasteiger partial charge in [0.05, 0.1) is 18.8 Å². The fourth-order valence-electron chi connectivity index (χ4n) is 2.24. The summed E-state index contributed by atoms with van der Waals surface area (Å²) in [7, 11) is 0. The van der Waals surface area contributed by atoms with Crippen molar-refractivity contribution in [1.82, 2.24) is 9.13 Å². The minimum Gasteiger partial charge on any atom is -0.373 e. The highest BCUT2D eigenvalue weighted by atomic mass is 16.5. The first kappa shape index (κ1) is 11.5. The second-order valence-corrected chi connectivity index (χ2v) is 4.57. The minimum absolute atomic E-state index is 0.0880. The van der Waals surface area contributed by atoms with Gasteiger partial charge < -0.3 is 4.74 Å². The number of rotatable bonds is 4. The molecule has 1 aromatic rings. The van der Waals surface area contributed by atoms with E-state index in [4.69, 9.17) is 4.74 Å². The monoisotopic (exact) mass is 224 g/mol. The van der Waals surface area contributed by atoms with Crippen LogP contribution in [0.4, 0.5) is 0 Å². The Labute approximate surface area is 95.8 Å². The molecule has 0 N–H and O–H groups in total. The van der Waals surface area contributed by atoms with E-state index in [0.29, 0.717) is 12.6 Å². The lowest BCUT2D eigenvalue weighted by molar-refractivity contribution is 0.0451. The van der Waals surface area contributed by atoms with Crippen molar-refractivity contribution >= 4 is 0 Å². The molecule has 1 aliphatic heterocycles. The van der Waals surface area contributed by atoms with Crippen LogP contribution in [-0.2, 0) is 17.8 Å². The molecule has 1 saturated heterocycles. The molecule has 0 radical (unpaired) electrons. The summed E-state index contributed by atoms with van der Waals surface area (Å²) in [4.78, 5) is 11.9. The van der Waals surface area contributed by atoms with E-state index in [-0.39, 0.29) is 11.8 Å². The van der Waals surface area contributed by atoms with E-state index in [0.717, 1.165) is 25.8 Å². The highest BCUT2D eigenvalue weighted by molar-refractivity contribution is 4.83. The fourth-order valence-corrected chi connectivity index (χ4v) is 2.24. The van der Waals surface area contributed by atoms with E-state index in [1.165, 1.54) is 0 Å². The zero-order valence-corrected chi connectivity index (χ0v) is 10.1. The topological polar surface area (TPSA) is 36.2 Å². The maximum Gasteiger partial charge on any atom is 0.328 e. The molecule has 2 atom stereocenters. The van der Waals surface area contributed by atoms with Crippen LogP contribution in [0.5, 0.6) is 0 Å². The van der Waals surface area contributed by atoms with Crippen LogP contribution in [0.2, 0.25) is 0 Å². The van der Waals surface area contributed by atoms with Crippen LogP contribution >= 0.6 is 0 Å². The van der Waals surface area contributed by atoms with Crippen LogP contribution in [-0.4, -0.2) is 21.3 Å². The van der Waals surface area contributed by atoms with Gasteiger partial charge in [-0.15, -0.1) is 0 Å². The largest absolute Gasteiger partial charge is 0.373 e. The van der Waals surface area contributed by atoms with Crippen LogP contribution in [0, 0.1) is 0 Å². The summed E-state index contributed by atoms with van der Waals surface area (Å²) in [6.45, 7) is 5.66. The Hall–Kier alpha value is -1.03. The van der Waals surface area contributed by atoms with Crippen molar-refractivity contribution in [3.8, 4) is 0 Å². The molecule has 16 heavy (non-hydrogen) atoms. The molecule has 90 valence electrons. The average Bonchev–Trinajstić information content (AvgIpc) is 2.80. The first-order valence-corrected chi connectivity index (χ1v) is 6.11. The van der Waals surface area contributed by atoms with Crippen LogP contribution in [0.15, 0.2) is 17.2 Å². The van der Waals surface area contributed by atoms with Gasteiger partial charge in [0.15, 0.2) is 0 Å². The standard InChI is InChI=1S/C12H20N2O2/c1-3-6-13-7-8-14(12(13)15)9-11-5-4-10(2)16-11/h7-8,10-11H,3-6,9H2,1-2H3. The molecule has 1 aromatic heterocycles. The Balaban J connectivity index is 2.02. The molecule has 0 aromatic carbocycles. The zero-order valence-electron chi connectivity index (χ0n) is 10.1. The number of imidazole rings is 1. The second-order valence-electron chi connectivity index (χ2n) is 4.57. The second kappa shape index (κ2) is 4.87. The van der Waals surface area contributed by atoms with Gasteiger partial charge in [-0.05, 0) is 26.2 Å². The molecule has 2 heterocycles. The number of ether oxygens (including phenoxy) is 1. The van der Waals surface area contributed by atoms with Gasteiger partial charge in [0.1, 0.15) is 0 Å². The minimum atomic E-state index is 0.0880. The lowest BCUT2D eigenvalue weighted by Crippen LogP contribution is -2.28. The molecule has 4 heteroatoms. The van der Waals surface area contributed by atoms with Gasteiger partial charge in [-0.25, -0.2) is 4.79 Å². The molecule has 0 amide bonds. The third-order valence-electron chi connectivity index (χ3n) is 3.10. The number of aromatic nitrogens is 2. The Morgan fingerprint density at radius 2 is 2.12 bits per heavy atom. The smallest absolute Gasteiger partial charge is 0.328 e. The third kappa shape index (κ3) is 2.38. The molecule has 0 saturated carbocycles. The van der Waals surface area contributed by atoms with E-state index >= 15 is 0 Å². The summed E-state index contributed by atoms with van der Waals surface area (Å²) >= 11 is 0. The molecule has 2 rings (SSSR count). The molecular formula is C12H20N2O2. The number of aryl methyl sites for hydroxylation is 1. The van der Waals surface area contributed by atoms with Crippen molar-refractivity contribution in [2.45, 2.75) is 58.4 Å². The van der Waals surface area contributed by atoms with Crippen molar-refractivity contribution in [3.05, 3.63) is 22.9 Å². The Bertz CT molecular complexity index is 394. The lowest BCUT2D eigenvalue weighted by atomic mass is 10.2. The molecule has 2 unspecified atom stereocenters. The van der Waals surface area contributed by atoms with Crippen molar-refractivity contribution in [1.29, 1.82) is 0 Å². The van der Waals surface area contributed by atoms with Crippen LogP contribution < -0.4 is 5.69 Å². The number of hydrogen-bond donors (Lipinski definition) is 0. The highest BCUT2D eigenvalue weighted by Crippen LogP contribution is 2.19. The van der Waals surface area contributed by atoms with Crippen molar-refractivity contribution in [2.24, 2.45) is 0 Å². The Morgan fingerprint density at radius 1 is 1.38 bits per heavy atom. The quantitative estimate of drug-likeness (QED) is 0.779. The molecule has 0 bridgehead atoms. The van der Waals surface area contributed by atoms with Crippen molar-refractivity contribution < 1.29 is 4.74 Å². The molecule has 1 fully saturated rings. The van der Waals surface area contributed by atoms with Gasteiger partial charge in [0, 0.05) is 18.9 Å². The SMILES string of the molecule is CCCn1ccn(CC2CCC(C)O2)c1=O. The van der Waals surface area contributed by atoms with Crippen LogP contribution in [0.3, 0.4) is 0 Å². The molecule has 1 aliphatic rings. The molecule has 0 aliphatic carbocycles. The number of nitrogens with zero attached hydrogens (tertiary/aromatic N) is 2. The summed E-state index contributed by atoms with van der Waals surface area (Å²) < 4.78 is 9.24. The van der Waals surface area contributed by atoms with E-state index in [2.05, 4.69) is 13.8 Å². The maximum absolute atomic E-state index is 11.9. The normalized spacial score (nSPS) is 25.1. The van der Waals surface area contributed by atoms with Crippen LogP contribution in [0.25, 0.3) is 0 Å². The van der Waals surface area contributed by atoms with Gasteiger partial charge in [-0.1, -0.05) is 6.92 Å². The first-order valence-electron chi connectivity index (χ1n) is 6.11. The summed E-state index contributed by atoms with van der Waals surface area (Å²) in [5.74, 6) is 0. The number of hydrogen-bond acceptors (Lipinski definition) is 2. The Kier molecular flexibility index (Phi) is 3.49. The summed E-state index contributed by atoms with van der Waals surface area (Å²) in [5.41, 5.74) is 0.0880. The van der Waals surface area contributed by atoms with Gasteiger partial charge >= 0.3 is 5.69 Å². The molecular weight excluding hydrogens is 204 g/mol. The molecule has 0 spiro atoms. The summed E-state index contributed by atoms with van der Waals surface area (Å²) in [6.07, 6.45) is 7.44. The maximum atomic E-state index is 11.9. The predicted octanol–water partition coefficient (Wildman–Crippen LogP) is 1.63. The van der Waals surface area contributed by atoms with Crippen molar-refractivity contribution in [3.63, 3.8) is 0 Å². The van der Waals surface area contributed by atoms with E-state index in [1.807, 2.05) is 12.4 Å². The molecule has 4 nitrogen and oxygen atoms in total. The zero-order chi connectivity index (χ0) is 11.5. The van der Waals surface area contributed by atoms with Crippen molar-refractivity contribution in [2.75, 3.05) is 0 Å². The van der Waals surface area contributed by atoms with Crippen LogP contribution in [0.1, 0.15) is 33.1 Å². The van der Waals surface area contributed by atoms with Gasteiger partial charge in [-0.3, -0.25) is 9.13 Å². The van der Waals surface area contributed by atoms with E-state index in [9.17, 15) is 4.79 Å². The average molecular weight is 224 g/mol. The first-order chi connectivity index (χ1) is 7.70. The van der Waals surface area contributed by atoms with Gasteiger partial charge in [0.25, 0.3) is 0 Å². The fraction of sp³-hybridized carbons (Fsp3) is 0.750. The highest BCUT2D eigenvalue weighted by Gasteiger charge is 2.22. The third-order valence-corrected chi connectivity index (χ3v) is 3.10. The van der Waals surface area contributed by atoms with Gasteiger partial charge in [0.2, 0.25) is 0 Å².